The molecule has 12 atom stereocenters. The Kier molecular flexibility index (Phi) is 11.4. The molecule has 4 unspecified atom stereocenters. The van der Waals surface area contributed by atoms with Gasteiger partial charge in [0, 0.05) is 0 Å². The first-order valence-corrected chi connectivity index (χ1v) is 21.4. The first kappa shape index (κ1) is 42.2. The highest BCUT2D eigenvalue weighted by molar-refractivity contribution is 7.72. The van der Waals surface area contributed by atoms with Crippen LogP contribution in [-0.2, 0) is 52.5 Å². The van der Waals surface area contributed by atoms with E-state index >= 15 is 0 Å². The molecule has 0 aliphatic carbocycles. The first-order chi connectivity index (χ1) is 25.9. The van der Waals surface area contributed by atoms with Crippen molar-refractivity contribution in [2.24, 2.45) is 7.05 Å². The molecule has 310 valence electrons. The van der Waals surface area contributed by atoms with Gasteiger partial charge in [0.25, 0.3) is 17.1 Å². The summed E-state index contributed by atoms with van der Waals surface area (Å²) >= 11 is 0. The molecular weight excluding hydrogens is 850 g/mol. The van der Waals surface area contributed by atoms with Crippen molar-refractivity contribution in [2.75, 3.05) is 24.7 Å². The standard InChI is InChI=1S/C21H31N11O20P4/c1-30-5-32(15-9(30)17(38)28-21(23)26-15)19-13(36)11(34)7(50-19)3-48-55(43,44)52-56(45,46)51-54(41,42)29-53(39,40)47-2-6-10(33)12(35)18(49-6)31-4-24-8-14(31)25-20(22)27-16(8)37/h4-7,10-13,18-19,33-36H,2-3H2,1H3,(H10-,22,23,25,26,27,28,29,37,38,39,40,41,42,43,44,45,46)/p+1/t6-,7-,10-,11-,12-,13-,18-,19-/m1/s1. The fraction of sp³-hybridized carbons (Fsp3) is 0.524. The Hall–Kier alpha value is -3.38. The average Bonchev–Trinajstić information content (AvgIpc) is 3.77. The van der Waals surface area contributed by atoms with E-state index in [1.54, 1.807) is 0 Å². The Bertz CT molecular complexity index is 2470. The number of rotatable bonds is 14. The number of aromatic nitrogens is 8. The summed E-state index contributed by atoms with van der Waals surface area (Å²) in [7, 11) is -22.1. The number of nitrogen functional groups attached to an aromatic ring is 2. The number of hydrogen-bond donors (Lipinski definition) is 13. The van der Waals surface area contributed by atoms with Crippen molar-refractivity contribution in [1.82, 2.24) is 38.9 Å². The molecule has 31 nitrogen and oxygen atoms in total. The normalized spacial score (nSPS) is 29.9. The summed E-state index contributed by atoms with van der Waals surface area (Å²) in [5, 5.41) is 42.1. The van der Waals surface area contributed by atoms with Crippen LogP contribution in [0.15, 0.2) is 22.2 Å². The zero-order chi connectivity index (χ0) is 41.3. The number of aliphatic hydroxyl groups is 4. The first-order valence-electron chi connectivity index (χ1n) is 15.2. The molecule has 6 heterocycles. The van der Waals surface area contributed by atoms with E-state index < -0.39 is 105 Å². The molecular formula is C21H32N11O20P4+. The van der Waals surface area contributed by atoms with Crippen LogP contribution in [0.4, 0.5) is 11.9 Å². The molecule has 35 heteroatoms. The smallest absolute Gasteiger partial charge is 0.387 e. The third-order valence-corrected chi connectivity index (χ3v) is 14.3. The van der Waals surface area contributed by atoms with E-state index in [9.17, 15) is 67.8 Å². The number of fused-ring (bicyclic) bond motifs is 2. The van der Waals surface area contributed by atoms with Crippen molar-refractivity contribution >= 4 is 65.4 Å². The maximum atomic E-state index is 12.6. The molecule has 4 aromatic rings. The summed E-state index contributed by atoms with van der Waals surface area (Å²) in [6.07, 6.45) is -11.4. The van der Waals surface area contributed by atoms with E-state index in [1.807, 2.05) is 0 Å². The Labute approximate surface area is 308 Å². The number of nitrogens with two attached hydrogens (primary N) is 2. The molecule has 0 spiro atoms. The molecule has 15 N–H and O–H groups in total. The van der Waals surface area contributed by atoms with Gasteiger partial charge in [0.1, 0.15) is 36.6 Å². The molecule has 0 saturated carbocycles. The Morgan fingerprint density at radius 1 is 0.839 bits per heavy atom. The Morgan fingerprint density at radius 3 is 2.14 bits per heavy atom. The lowest BCUT2D eigenvalue weighted by atomic mass is 10.1. The zero-order valence-electron chi connectivity index (χ0n) is 27.8. The van der Waals surface area contributed by atoms with Crippen LogP contribution in [0.5, 0.6) is 0 Å². The molecule has 6 rings (SSSR count). The van der Waals surface area contributed by atoms with Crippen molar-refractivity contribution in [3.05, 3.63) is 33.4 Å². The van der Waals surface area contributed by atoms with E-state index in [-0.39, 0.29) is 34.2 Å². The number of imidazole rings is 2. The fourth-order valence-electron chi connectivity index (χ4n) is 5.64. The van der Waals surface area contributed by atoms with Gasteiger partial charge < -0.3 is 60.9 Å². The van der Waals surface area contributed by atoms with Crippen LogP contribution in [-0.4, -0.2) is 124 Å². The third kappa shape index (κ3) is 8.71. The Balaban J connectivity index is 1.03. The lowest BCUT2D eigenvalue weighted by molar-refractivity contribution is -0.745. The van der Waals surface area contributed by atoms with Crippen LogP contribution in [0.1, 0.15) is 12.5 Å². The lowest BCUT2D eigenvalue weighted by Gasteiger charge is -2.22. The number of aromatic amines is 2. The van der Waals surface area contributed by atoms with E-state index in [2.05, 4.69) is 42.6 Å². The van der Waals surface area contributed by atoms with Gasteiger partial charge in [-0.15, -0.1) is 4.86 Å². The van der Waals surface area contributed by atoms with Gasteiger partial charge in [-0.3, -0.25) is 37.7 Å². The molecule has 0 bridgehead atoms. The lowest BCUT2D eigenvalue weighted by Crippen LogP contribution is -2.46. The number of H-pyrrole nitrogens is 2. The average molecular weight is 882 g/mol. The molecule has 2 aliphatic heterocycles. The van der Waals surface area contributed by atoms with E-state index in [4.69, 9.17) is 20.9 Å². The van der Waals surface area contributed by atoms with Crippen LogP contribution < -0.4 is 32.0 Å². The summed E-state index contributed by atoms with van der Waals surface area (Å²) in [6, 6.07) is 0. The summed E-state index contributed by atoms with van der Waals surface area (Å²) < 4.78 is 81.3. The number of aliphatic hydroxyl groups excluding tert-OH is 4. The van der Waals surface area contributed by atoms with Gasteiger partial charge in [-0.1, -0.05) is 4.98 Å². The number of anilines is 2. The van der Waals surface area contributed by atoms with Crippen LogP contribution in [0.25, 0.3) is 22.3 Å². The second kappa shape index (κ2) is 15.1. The van der Waals surface area contributed by atoms with Gasteiger partial charge in [-0.25, -0.2) is 27.8 Å². The molecule has 4 aromatic heterocycles. The van der Waals surface area contributed by atoms with Gasteiger partial charge in [0.2, 0.25) is 17.7 Å². The largest absolute Gasteiger partial charge is 0.489 e. The zero-order valence-corrected chi connectivity index (χ0v) is 31.4. The number of ether oxygens (including phenoxy) is 2. The Morgan fingerprint density at radius 2 is 1.45 bits per heavy atom. The van der Waals surface area contributed by atoms with Crippen molar-refractivity contribution in [3.63, 3.8) is 0 Å². The topological polar surface area (TPSA) is 468 Å². The van der Waals surface area contributed by atoms with E-state index in [0.717, 1.165) is 20.3 Å². The second-order valence-electron chi connectivity index (χ2n) is 12.0. The van der Waals surface area contributed by atoms with E-state index in [1.165, 1.54) is 17.9 Å². The van der Waals surface area contributed by atoms with Crippen molar-refractivity contribution in [2.45, 2.75) is 49.1 Å². The minimum atomic E-state index is -6.19. The highest BCUT2D eigenvalue weighted by Crippen LogP contribution is 2.68. The van der Waals surface area contributed by atoms with E-state index in [0.29, 0.717) is 0 Å². The number of hydrogen-bond acceptors (Lipinski definition) is 21. The van der Waals surface area contributed by atoms with Crippen molar-refractivity contribution in [1.29, 1.82) is 0 Å². The monoisotopic (exact) mass is 882 g/mol. The highest BCUT2D eigenvalue weighted by Gasteiger charge is 2.50. The van der Waals surface area contributed by atoms with Crippen molar-refractivity contribution < 1.29 is 90.0 Å². The molecule has 0 amide bonds. The maximum absolute atomic E-state index is 12.6. The SMILES string of the molecule is Cn1c[n+]([C@@H]2O[C@H](COP(=O)(O)OP(=O)(O)OP(=O)(O)NP(=O)(O)OC[C@H]3O[C@@H](n4cnc5c(=O)[nH]c(N)nc54)[C@H](O)[C@@H]3O)[C@@H](O)[C@H]2O)c2nc(N)[nH]c(=O)c21. The molecule has 2 saturated heterocycles. The summed E-state index contributed by atoms with van der Waals surface area (Å²) in [5.41, 5.74) is 9.21. The molecule has 0 radical (unpaired) electrons. The molecule has 0 aromatic carbocycles. The predicted octanol–water partition coefficient (Wildman–Crippen LogP) is -4.86. The molecule has 56 heavy (non-hydrogen) atoms. The van der Waals surface area contributed by atoms with Crippen LogP contribution >= 0.6 is 31.1 Å². The third-order valence-electron chi connectivity index (χ3n) is 7.95. The maximum Gasteiger partial charge on any atom is 0.489 e. The van der Waals surface area contributed by atoms with Gasteiger partial charge in [-0.05, 0) is 0 Å². The molecule has 2 fully saturated rings. The van der Waals surface area contributed by atoms with Gasteiger partial charge >= 0.3 is 36.8 Å². The number of nitrogens with one attached hydrogen (secondary N) is 3. The number of nitrogens with zero attached hydrogens (tertiary/aromatic N) is 6. The fourth-order valence-corrected chi connectivity index (χ4v) is 11.0. The van der Waals surface area contributed by atoms with Gasteiger partial charge in [-0.2, -0.15) is 13.6 Å². The summed E-state index contributed by atoms with van der Waals surface area (Å²) in [4.78, 5) is 81.5. The minimum absolute atomic E-state index is 0.0175. The second-order valence-corrected chi connectivity index (χ2v) is 18.5. The predicted molar refractivity (Wildman–Crippen MR) is 177 cm³/mol. The van der Waals surface area contributed by atoms with Crippen LogP contribution in [0.3, 0.4) is 0 Å². The highest BCUT2D eigenvalue weighted by atomic mass is 31.3. The van der Waals surface area contributed by atoms with Crippen LogP contribution in [0, 0.1) is 0 Å². The summed E-state index contributed by atoms with van der Waals surface area (Å²) in [6.45, 7) is -2.26. The molecule has 2 aliphatic rings. The number of phosphoric ester groups is 1. The minimum Gasteiger partial charge on any atom is -0.387 e. The number of phosphoric acid groups is 2. The number of aryl methyl sites for hydroxylation is 1. The quantitative estimate of drug-likeness (QED) is 0.0417. The summed E-state index contributed by atoms with van der Waals surface area (Å²) in [5.74, 6) is -0.635. The van der Waals surface area contributed by atoms with Crippen molar-refractivity contribution in [3.8, 4) is 0 Å². The van der Waals surface area contributed by atoms with Crippen LogP contribution in [0.2, 0.25) is 0 Å². The van der Waals surface area contributed by atoms with Gasteiger partial charge in [0.15, 0.2) is 23.7 Å². The van der Waals surface area contributed by atoms with Gasteiger partial charge in [0.05, 0.1) is 26.6 Å².